The molecule has 1 amide bonds. The lowest BCUT2D eigenvalue weighted by Crippen LogP contribution is -2.47. The van der Waals surface area contributed by atoms with E-state index in [1.54, 1.807) is 0 Å². The fourth-order valence-corrected chi connectivity index (χ4v) is 4.92. The maximum absolute atomic E-state index is 12.3. The lowest BCUT2D eigenvalue weighted by atomic mass is 9.70. The summed E-state index contributed by atoms with van der Waals surface area (Å²) in [5.41, 5.74) is 0.784. The second-order valence-corrected chi connectivity index (χ2v) is 8.28. The van der Waals surface area contributed by atoms with Crippen molar-refractivity contribution in [2.75, 3.05) is 32.8 Å². The van der Waals surface area contributed by atoms with E-state index in [9.17, 15) is 4.79 Å². The molecule has 1 saturated heterocycles. The molecule has 21 heavy (non-hydrogen) atoms. The van der Waals surface area contributed by atoms with Crippen molar-refractivity contribution in [3.63, 3.8) is 0 Å². The molecule has 1 heterocycles. The highest BCUT2D eigenvalue weighted by Gasteiger charge is 2.57. The molecule has 3 atom stereocenters. The van der Waals surface area contributed by atoms with Gasteiger partial charge in [-0.2, -0.15) is 0 Å². The Hall–Kier alpha value is -0.610. The van der Waals surface area contributed by atoms with Gasteiger partial charge in [-0.15, -0.1) is 0 Å². The molecule has 4 heteroatoms. The zero-order chi connectivity index (χ0) is 15.1. The number of morpholine rings is 1. The number of ether oxygens (including phenoxy) is 1. The van der Waals surface area contributed by atoms with Gasteiger partial charge < -0.3 is 10.1 Å². The van der Waals surface area contributed by atoms with E-state index >= 15 is 0 Å². The van der Waals surface area contributed by atoms with Gasteiger partial charge in [-0.25, -0.2) is 0 Å². The van der Waals surface area contributed by atoms with Crippen LogP contribution >= 0.6 is 0 Å². The second-order valence-electron chi connectivity index (χ2n) is 8.28. The fraction of sp³-hybridized carbons (Fsp3) is 0.941. The van der Waals surface area contributed by atoms with Gasteiger partial charge in [-0.3, -0.25) is 9.69 Å². The highest BCUT2D eigenvalue weighted by Crippen LogP contribution is 2.62. The van der Waals surface area contributed by atoms with E-state index in [1.807, 2.05) is 0 Å². The summed E-state index contributed by atoms with van der Waals surface area (Å²) in [6.45, 7) is 11.6. The van der Waals surface area contributed by atoms with Crippen LogP contribution in [0, 0.1) is 16.7 Å². The van der Waals surface area contributed by atoms with E-state index < -0.39 is 0 Å². The first-order chi connectivity index (χ1) is 9.89. The Morgan fingerprint density at radius 1 is 1.29 bits per heavy atom. The highest BCUT2D eigenvalue weighted by atomic mass is 16.5. The Balaban J connectivity index is 1.46. The number of amides is 1. The Morgan fingerprint density at radius 3 is 2.57 bits per heavy atom. The van der Waals surface area contributed by atoms with E-state index in [0.29, 0.717) is 23.3 Å². The average molecular weight is 294 g/mol. The summed E-state index contributed by atoms with van der Waals surface area (Å²) in [6, 6.07) is 0.396. The van der Waals surface area contributed by atoms with Crippen LogP contribution in [-0.4, -0.2) is 49.7 Å². The molecule has 2 bridgehead atoms. The van der Waals surface area contributed by atoms with Crippen LogP contribution in [-0.2, 0) is 9.53 Å². The van der Waals surface area contributed by atoms with Gasteiger partial charge in [0, 0.05) is 32.1 Å². The number of carbonyl (C=O) groups excluding carboxylic acids is 1. The maximum atomic E-state index is 12.3. The maximum Gasteiger partial charge on any atom is 0.221 e. The summed E-state index contributed by atoms with van der Waals surface area (Å²) in [7, 11) is 0. The number of hydrogen-bond donors (Lipinski definition) is 1. The minimum absolute atomic E-state index is 0.234. The van der Waals surface area contributed by atoms with Gasteiger partial charge in [0.15, 0.2) is 0 Å². The monoisotopic (exact) mass is 294 g/mol. The summed E-state index contributed by atoms with van der Waals surface area (Å²) in [6.07, 6.45) is 4.33. The van der Waals surface area contributed by atoms with Crippen molar-refractivity contribution in [3.05, 3.63) is 0 Å². The Bertz CT molecular complexity index is 404. The van der Waals surface area contributed by atoms with Crippen LogP contribution in [0.2, 0.25) is 0 Å². The first-order valence-electron chi connectivity index (χ1n) is 8.49. The van der Waals surface area contributed by atoms with Gasteiger partial charge in [-0.1, -0.05) is 20.8 Å². The molecule has 0 radical (unpaired) electrons. The third-order valence-corrected chi connectivity index (χ3v) is 6.13. The average Bonchev–Trinajstić information content (AvgIpc) is 2.86. The third-order valence-electron chi connectivity index (χ3n) is 6.13. The van der Waals surface area contributed by atoms with Gasteiger partial charge in [-0.05, 0) is 36.0 Å². The lowest BCUT2D eigenvalue weighted by molar-refractivity contribution is -0.123. The first-order valence-corrected chi connectivity index (χ1v) is 8.49. The van der Waals surface area contributed by atoms with Crippen LogP contribution in [0.15, 0.2) is 0 Å². The second kappa shape index (κ2) is 5.54. The Kier molecular flexibility index (Phi) is 4.04. The van der Waals surface area contributed by atoms with Gasteiger partial charge in [0.2, 0.25) is 5.91 Å². The summed E-state index contributed by atoms with van der Waals surface area (Å²) in [4.78, 5) is 14.6. The van der Waals surface area contributed by atoms with Gasteiger partial charge in [0.1, 0.15) is 0 Å². The molecule has 1 N–H and O–H groups in total. The zero-order valence-corrected chi connectivity index (χ0v) is 13.8. The number of carbonyl (C=O) groups is 1. The van der Waals surface area contributed by atoms with Crippen LogP contribution in [0.3, 0.4) is 0 Å². The standard InChI is InChI=1S/C17H30N2O2/c1-16(2)12-17(3)11-13(16)10-14(17)18-15(20)4-5-19-6-8-21-9-7-19/h13-14H,4-12H2,1-3H3,(H,18,20)/t13-,14?,17+/m0/s1. The molecule has 0 aromatic heterocycles. The molecule has 0 aromatic rings. The topological polar surface area (TPSA) is 41.6 Å². The van der Waals surface area contributed by atoms with E-state index in [4.69, 9.17) is 4.74 Å². The van der Waals surface area contributed by atoms with E-state index in [-0.39, 0.29) is 5.91 Å². The first kappa shape index (κ1) is 15.3. The van der Waals surface area contributed by atoms with Crippen molar-refractivity contribution in [1.82, 2.24) is 10.2 Å². The van der Waals surface area contributed by atoms with Crippen LogP contribution in [0.5, 0.6) is 0 Å². The number of rotatable bonds is 4. The summed E-state index contributed by atoms with van der Waals surface area (Å²) in [5, 5.41) is 3.33. The normalized spacial score (nSPS) is 38.6. The predicted octanol–water partition coefficient (Wildman–Crippen LogP) is 2.04. The minimum Gasteiger partial charge on any atom is -0.379 e. The van der Waals surface area contributed by atoms with Crippen molar-refractivity contribution in [3.8, 4) is 0 Å². The highest BCUT2D eigenvalue weighted by molar-refractivity contribution is 5.76. The van der Waals surface area contributed by atoms with Crippen LogP contribution in [0.1, 0.15) is 46.5 Å². The van der Waals surface area contributed by atoms with Gasteiger partial charge in [0.25, 0.3) is 0 Å². The fourth-order valence-electron chi connectivity index (χ4n) is 4.92. The van der Waals surface area contributed by atoms with Crippen molar-refractivity contribution >= 4 is 5.91 Å². The summed E-state index contributed by atoms with van der Waals surface area (Å²) >= 11 is 0. The van der Waals surface area contributed by atoms with E-state index in [0.717, 1.165) is 38.8 Å². The van der Waals surface area contributed by atoms with Crippen LogP contribution in [0.25, 0.3) is 0 Å². The number of nitrogens with one attached hydrogen (secondary N) is 1. The Labute approximate surface area is 128 Å². The zero-order valence-electron chi connectivity index (χ0n) is 13.8. The molecule has 3 fully saturated rings. The van der Waals surface area contributed by atoms with Crippen molar-refractivity contribution in [2.45, 2.75) is 52.5 Å². The van der Waals surface area contributed by atoms with Gasteiger partial charge >= 0.3 is 0 Å². The SMILES string of the molecule is CC1(C)C[C@@]2(C)C[C@@H]1CC2NC(=O)CCN1CCOCC1. The predicted molar refractivity (Wildman–Crippen MR) is 83.0 cm³/mol. The van der Waals surface area contributed by atoms with Crippen LogP contribution < -0.4 is 5.32 Å². The van der Waals surface area contributed by atoms with E-state index in [1.165, 1.54) is 19.3 Å². The molecule has 2 saturated carbocycles. The molecular formula is C17H30N2O2. The Morgan fingerprint density at radius 2 is 2.00 bits per heavy atom. The van der Waals surface area contributed by atoms with Crippen LogP contribution in [0.4, 0.5) is 0 Å². The largest absolute Gasteiger partial charge is 0.379 e. The van der Waals surface area contributed by atoms with Gasteiger partial charge in [0.05, 0.1) is 13.2 Å². The molecule has 3 aliphatic rings. The summed E-state index contributed by atoms with van der Waals surface area (Å²) in [5.74, 6) is 1.02. The quantitative estimate of drug-likeness (QED) is 0.863. The lowest BCUT2D eigenvalue weighted by Gasteiger charge is -2.39. The number of nitrogens with zero attached hydrogens (tertiary/aromatic N) is 1. The molecule has 0 spiro atoms. The molecule has 0 aromatic carbocycles. The molecule has 2 aliphatic carbocycles. The smallest absolute Gasteiger partial charge is 0.221 e. The molecule has 4 nitrogen and oxygen atoms in total. The number of hydrogen-bond acceptors (Lipinski definition) is 3. The van der Waals surface area contributed by atoms with E-state index in [2.05, 4.69) is 31.0 Å². The molecule has 3 rings (SSSR count). The molecule has 120 valence electrons. The number of fused-ring (bicyclic) bond motifs is 2. The van der Waals surface area contributed by atoms with Crippen molar-refractivity contribution in [1.29, 1.82) is 0 Å². The molecule has 1 aliphatic heterocycles. The molecular weight excluding hydrogens is 264 g/mol. The third kappa shape index (κ3) is 3.11. The van der Waals surface area contributed by atoms with Crippen molar-refractivity contribution < 1.29 is 9.53 Å². The molecule has 1 unspecified atom stereocenters. The minimum atomic E-state index is 0.234. The summed E-state index contributed by atoms with van der Waals surface area (Å²) < 4.78 is 5.34. The van der Waals surface area contributed by atoms with Crippen molar-refractivity contribution in [2.24, 2.45) is 16.7 Å².